The summed E-state index contributed by atoms with van der Waals surface area (Å²) in [7, 11) is -3.97. The summed E-state index contributed by atoms with van der Waals surface area (Å²) in [6.07, 6.45) is 6.00. The Bertz CT molecular complexity index is 1770. The average molecular weight is 545 g/mol. The molecule has 0 unspecified atom stereocenters. The molecule has 9 nitrogen and oxygen atoms in total. The first-order valence-electron chi connectivity index (χ1n) is 11.0. The molecule has 0 saturated carbocycles. The second-order valence-corrected chi connectivity index (χ2v) is 10.4. The van der Waals surface area contributed by atoms with Gasteiger partial charge in [0, 0.05) is 34.5 Å². The van der Waals surface area contributed by atoms with Gasteiger partial charge in [0.05, 0.1) is 27.9 Å². The summed E-state index contributed by atoms with van der Waals surface area (Å²) >= 11 is 1.24. The molecular weight excluding hydrogens is 527 g/mol. The summed E-state index contributed by atoms with van der Waals surface area (Å²) in [5.41, 5.74) is 4.21. The molecule has 0 saturated heterocycles. The van der Waals surface area contributed by atoms with Gasteiger partial charge in [0.2, 0.25) is 0 Å². The Labute approximate surface area is 221 Å². The van der Waals surface area contributed by atoms with E-state index in [9.17, 15) is 18.1 Å². The highest BCUT2D eigenvalue weighted by molar-refractivity contribution is 7.92. The third-order valence-electron chi connectivity index (χ3n) is 5.48. The molecule has 3 heterocycles. The smallest absolute Gasteiger partial charge is 0.263 e. The van der Waals surface area contributed by atoms with Crippen molar-refractivity contribution in [1.82, 2.24) is 19.9 Å². The summed E-state index contributed by atoms with van der Waals surface area (Å²) < 4.78 is 48.1. The van der Waals surface area contributed by atoms with E-state index in [4.69, 9.17) is 4.74 Å². The lowest BCUT2D eigenvalue weighted by Gasteiger charge is -2.14. The molecule has 0 atom stereocenters. The minimum absolute atomic E-state index is 0.00824. The first-order chi connectivity index (χ1) is 18.3. The standard InChI is InChI=1S/C26H17FN6O3S2/c1-16-2-3-17(7-22(16)27)23-8-21(19-10-29-14-30-11-19)25(12-31-23)36-24-5-4-20(6-18(24)9-28)38(34,35)33-26-13-37-15-32-26/h2-8,10-15,33H,1H3. The molecule has 3 aromatic heterocycles. The van der Waals surface area contributed by atoms with Crippen LogP contribution in [0.1, 0.15) is 11.1 Å². The predicted octanol–water partition coefficient (Wildman–Crippen LogP) is 5.57. The van der Waals surface area contributed by atoms with Gasteiger partial charge in [-0.2, -0.15) is 5.26 Å². The van der Waals surface area contributed by atoms with Crippen molar-refractivity contribution in [1.29, 1.82) is 5.26 Å². The van der Waals surface area contributed by atoms with Crippen LogP contribution in [0.3, 0.4) is 0 Å². The number of nitriles is 1. The van der Waals surface area contributed by atoms with E-state index in [0.29, 0.717) is 27.9 Å². The molecule has 0 bridgehead atoms. The number of anilines is 1. The summed E-state index contributed by atoms with van der Waals surface area (Å²) in [6.45, 7) is 1.68. The SMILES string of the molecule is Cc1ccc(-c2cc(-c3cncnc3)c(Oc3ccc(S(=O)(=O)Nc4cscn4)cc3C#N)cn2)cc1F. The van der Waals surface area contributed by atoms with Crippen LogP contribution >= 0.6 is 11.3 Å². The van der Waals surface area contributed by atoms with Crippen LogP contribution in [0.2, 0.25) is 0 Å². The van der Waals surface area contributed by atoms with Crippen LogP contribution < -0.4 is 9.46 Å². The van der Waals surface area contributed by atoms with Crippen LogP contribution in [0.25, 0.3) is 22.4 Å². The van der Waals surface area contributed by atoms with Crippen molar-refractivity contribution in [3.8, 4) is 40.0 Å². The molecule has 0 spiro atoms. The number of nitrogens with zero attached hydrogens (tertiary/aromatic N) is 5. The number of ether oxygens (including phenoxy) is 1. The van der Waals surface area contributed by atoms with Crippen molar-refractivity contribution in [2.24, 2.45) is 0 Å². The Balaban J connectivity index is 1.53. The predicted molar refractivity (Wildman–Crippen MR) is 140 cm³/mol. The van der Waals surface area contributed by atoms with Crippen molar-refractivity contribution in [2.75, 3.05) is 4.72 Å². The summed E-state index contributed by atoms with van der Waals surface area (Å²) in [5.74, 6) is 0.216. The number of benzene rings is 2. The maximum atomic E-state index is 14.2. The van der Waals surface area contributed by atoms with E-state index >= 15 is 0 Å². The maximum Gasteiger partial charge on any atom is 0.263 e. The first-order valence-corrected chi connectivity index (χ1v) is 13.4. The number of sulfonamides is 1. The number of hydrogen-bond donors (Lipinski definition) is 1. The van der Waals surface area contributed by atoms with Crippen LogP contribution in [0, 0.1) is 24.1 Å². The molecule has 188 valence electrons. The third kappa shape index (κ3) is 5.19. The van der Waals surface area contributed by atoms with E-state index in [1.165, 1.54) is 53.6 Å². The fourth-order valence-corrected chi connectivity index (χ4v) is 5.11. The zero-order valence-corrected chi connectivity index (χ0v) is 21.3. The van der Waals surface area contributed by atoms with Crippen molar-refractivity contribution in [3.05, 3.63) is 95.2 Å². The Morgan fingerprint density at radius 2 is 1.82 bits per heavy atom. The zero-order chi connectivity index (χ0) is 26.7. The second-order valence-electron chi connectivity index (χ2n) is 8.01. The minimum atomic E-state index is -3.97. The maximum absolute atomic E-state index is 14.2. The fraction of sp³-hybridized carbons (Fsp3) is 0.0385. The molecule has 5 aromatic rings. The third-order valence-corrected chi connectivity index (χ3v) is 7.42. The quantitative estimate of drug-likeness (QED) is 0.281. The van der Waals surface area contributed by atoms with E-state index in [1.54, 1.807) is 42.9 Å². The van der Waals surface area contributed by atoms with E-state index < -0.39 is 10.0 Å². The van der Waals surface area contributed by atoms with Gasteiger partial charge in [0.1, 0.15) is 24.0 Å². The number of aryl methyl sites for hydroxylation is 1. The van der Waals surface area contributed by atoms with E-state index in [1.807, 2.05) is 6.07 Å². The number of pyridine rings is 1. The van der Waals surface area contributed by atoms with Crippen molar-refractivity contribution >= 4 is 27.2 Å². The Hall–Kier alpha value is -4.73. The molecule has 1 N–H and O–H groups in total. The van der Waals surface area contributed by atoms with Crippen molar-refractivity contribution in [2.45, 2.75) is 11.8 Å². The lowest BCUT2D eigenvalue weighted by molar-refractivity contribution is 0.480. The Morgan fingerprint density at radius 1 is 1.00 bits per heavy atom. The van der Waals surface area contributed by atoms with Gasteiger partial charge in [-0.1, -0.05) is 12.1 Å². The first kappa shape index (κ1) is 24.9. The summed E-state index contributed by atoms with van der Waals surface area (Å²) in [6, 6.07) is 12.4. The van der Waals surface area contributed by atoms with E-state index in [-0.39, 0.29) is 33.6 Å². The lowest BCUT2D eigenvalue weighted by atomic mass is 10.0. The molecule has 0 fully saturated rings. The van der Waals surface area contributed by atoms with Gasteiger partial charge in [-0.3, -0.25) is 9.71 Å². The van der Waals surface area contributed by atoms with Crippen LogP contribution in [0.4, 0.5) is 10.2 Å². The van der Waals surface area contributed by atoms with Crippen LogP contribution in [0.5, 0.6) is 11.5 Å². The van der Waals surface area contributed by atoms with Gasteiger partial charge in [-0.15, -0.1) is 11.3 Å². The van der Waals surface area contributed by atoms with E-state index in [0.717, 1.165) is 0 Å². The largest absolute Gasteiger partial charge is 0.454 e. The van der Waals surface area contributed by atoms with Crippen LogP contribution in [-0.4, -0.2) is 28.4 Å². The minimum Gasteiger partial charge on any atom is -0.454 e. The van der Waals surface area contributed by atoms with Gasteiger partial charge >= 0.3 is 0 Å². The molecule has 0 aliphatic rings. The zero-order valence-electron chi connectivity index (χ0n) is 19.7. The van der Waals surface area contributed by atoms with Gasteiger partial charge in [0.15, 0.2) is 11.6 Å². The van der Waals surface area contributed by atoms with Crippen LogP contribution in [0.15, 0.2) is 83.2 Å². The molecule has 2 aromatic carbocycles. The van der Waals surface area contributed by atoms with Crippen LogP contribution in [-0.2, 0) is 10.0 Å². The van der Waals surface area contributed by atoms with Gasteiger partial charge in [0.25, 0.3) is 10.0 Å². The molecule has 0 aliphatic heterocycles. The monoisotopic (exact) mass is 544 g/mol. The highest BCUT2D eigenvalue weighted by atomic mass is 32.2. The molecule has 0 aliphatic carbocycles. The second kappa shape index (κ2) is 10.3. The lowest BCUT2D eigenvalue weighted by Crippen LogP contribution is -2.13. The molecule has 38 heavy (non-hydrogen) atoms. The molecule has 5 rings (SSSR count). The number of nitrogens with one attached hydrogen (secondary N) is 1. The highest BCUT2D eigenvalue weighted by Crippen LogP contribution is 2.37. The topological polar surface area (TPSA) is 131 Å². The number of halogens is 1. The fourth-order valence-electron chi connectivity index (χ4n) is 3.53. The Morgan fingerprint density at radius 3 is 2.53 bits per heavy atom. The number of aromatic nitrogens is 4. The average Bonchev–Trinajstić information content (AvgIpc) is 3.43. The van der Waals surface area contributed by atoms with Crippen molar-refractivity contribution < 1.29 is 17.5 Å². The van der Waals surface area contributed by atoms with Gasteiger partial charge < -0.3 is 4.74 Å². The summed E-state index contributed by atoms with van der Waals surface area (Å²) in [4.78, 5) is 16.4. The van der Waals surface area contributed by atoms with Crippen molar-refractivity contribution in [3.63, 3.8) is 0 Å². The summed E-state index contributed by atoms with van der Waals surface area (Å²) in [5, 5.41) is 11.3. The molecule has 0 radical (unpaired) electrons. The highest BCUT2D eigenvalue weighted by Gasteiger charge is 2.19. The normalized spacial score (nSPS) is 11.1. The molecule has 0 amide bonds. The van der Waals surface area contributed by atoms with E-state index in [2.05, 4.69) is 24.7 Å². The van der Waals surface area contributed by atoms with Gasteiger partial charge in [-0.05, 0) is 42.8 Å². The number of rotatable bonds is 7. The Kier molecular flexibility index (Phi) is 6.78. The molecule has 12 heteroatoms. The molecular formula is C26H17FN6O3S2. The van der Waals surface area contributed by atoms with Gasteiger partial charge in [-0.25, -0.2) is 27.8 Å². The number of thiazole rings is 1. The number of hydrogen-bond acceptors (Lipinski definition) is 9.